The maximum Gasteiger partial charge on any atom is 0.142 e. The first-order chi connectivity index (χ1) is 9.65. The van der Waals surface area contributed by atoms with E-state index in [1.807, 2.05) is 43.3 Å². The molecule has 0 saturated heterocycles. The normalized spacial score (nSPS) is 10.7. The SMILES string of the molecule is Cc1cc(-c2ccccc2)n(-c2ccc(Cl)cc2O)n1. The number of halogens is 1. The van der Waals surface area contributed by atoms with Crippen LogP contribution in [0, 0.1) is 6.92 Å². The lowest BCUT2D eigenvalue weighted by Gasteiger charge is -2.09. The highest BCUT2D eigenvalue weighted by atomic mass is 35.5. The second-order valence-electron chi connectivity index (χ2n) is 4.58. The van der Waals surface area contributed by atoms with E-state index in [2.05, 4.69) is 5.10 Å². The third kappa shape index (κ3) is 2.28. The average Bonchev–Trinajstić information content (AvgIpc) is 2.81. The van der Waals surface area contributed by atoms with Crippen molar-refractivity contribution in [3.05, 3.63) is 65.3 Å². The topological polar surface area (TPSA) is 38.0 Å². The van der Waals surface area contributed by atoms with E-state index in [0.717, 1.165) is 17.0 Å². The maximum absolute atomic E-state index is 10.1. The molecule has 0 bridgehead atoms. The van der Waals surface area contributed by atoms with Crippen LogP contribution in [0.1, 0.15) is 5.69 Å². The summed E-state index contributed by atoms with van der Waals surface area (Å²) in [6, 6.07) is 17.0. The number of aromatic nitrogens is 2. The van der Waals surface area contributed by atoms with Gasteiger partial charge in [-0.2, -0.15) is 5.10 Å². The summed E-state index contributed by atoms with van der Waals surface area (Å²) in [5.74, 6) is 0.109. The molecule has 100 valence electrons. The Hall–Kier alpha value is -2.26. The Balaban J connectivity index is 2.20. The number of phenols is 1. The molecule has 4 heteroatoms. The van der Waals surface area contributed by atoms with Crippen LogP contribution in [0.4, 0.5) is 0 Å². The monoisotopic (exact) mass is 284 g/mol. The molecule has 0 spiro atoms. The summed E-state index contributed by atoms with van der Waals surface area (Å²) in [4.78, 5) is 0. The number of rotatable bonds is 2. The lowest BCUT2D eigenvalue weighted by Crippen LogP contribution is -1.99. The summed E-state index contributed by atoms with van der Waals surface area (Å²) in [6.45, 7) is 1.93. The molecule has 1 heterocycles. The van der Waals surface area contributed by atoms with Crippen LogP contribution in [0.25, 0.3) is 16.9 Å². The Kier molecular flexibility index (Phi) is 3.20. The van der Waals surface area contributed by atoms with Gasteiger partial charge in [-0.1, -0.05) is 41.9 Å². The third-order valence-corrected chi connectivity index (χ3v) is 3.30. The predicted octanol–water partition coefficient (Wildman–Crippen LogP) is 4.21. The molecule has 0 radical (unpaired) electrons. The molecular formula is C16H13ClN2O. The van der Waals surface area contributed by atoms with Crippen LogP contribution < -0.4 is 0 Å². The van der Waals surface area contributed by atoms with E-state index in [0.29, 0.717) is 10.7 Å². The second-order valence-corrected chi connectivity index (χ2v) is 5.02. The highest BCUT2D eigenvalue weighted by Crippen LogP contribution is 2.30. The molecular weight excluding hydrogens is 272 g/mol. The molecule has 0 atom stereocenters. The molecule has 3 nitrogen and oxygen atoms in total. The van der Waals surface area contributed by atoms with Crippen molar-refractivity contribution in [2.75, 3.05) is 0 Å². The summed E-state index contributed by atoms with van der Waals surface area (Å²) in [7, 11) is 0. The molecule has 0 aliphatic carbocycles. The molecule has 1 aromatic heterocycles. The lowest BCUT2D eigenvalue weighted by atomic mass is 10.1. The van der Waals surface area contributed by atoms with E-state index < -0.39 is 0 Å². The zero-order valence-corrected chi connectivity index (χ0v) is 11.7. The number of nitrogens with zero attached hydrogens (tertiary/aromatic N) is 2. The van der Waals surface area contributed by atoms with Gasteiger partial charge >= 0.3 is 0 Å². The molecule has 0 fully saturated rings. The molecule has 1 N–H and O–H groups in total. The Bertz CT molecular complexity index is 750. The first-order valence-corrected chi connectivity index (χ1v) is 6.64. The first-order valence-electron chi connectivity index (χ1n) is 6.26. The van der Waals surface area contributed by atoms with E-state index in [1.165, 1.54) is 6.07 Å². The quantitative estimate of drug-likeness (QED) is 0.765. The van der Waals surface area contributed by atoms with Crippen LogP contribution in [0.5, 0.6) is 5.75 Å². The summed E-state index contributed by atoms with van der Waals surface area (Å²) >= 11 is 5.88. The molecule has 0 saturated carbocycles. The summed E-state index contributed by atoms with van der Waals surface area (Å²) in [5.41, 5.74) is 3.47. The zero-order valence-electron chi connectivity index (χ0n) is 10.9. The van der Waals surface area contributed by atoms with Gasteiger partial charge in [0.25, 0.3) is 0 Å². The minimum absolute atomic E-state index is 0.109. The van der Waals surface area contributed by atoms with Crippen molar-refractivity contribution >= 4 is 11.6 Å². The van der Waals surface area contributed by atoms with Crippen LogP contribution in [-0.2, 0) is 0 Å². The van der Waals surface area contributed by atoms with E-state index >= 15 is 0 Å². The smallest absolute Gasteiger partial charge is 0.142 e. The third-order valence-electron chi connectivity index (χ3n) is 3.07. The van der Waals surface area contributed by atoms with Crippen LogP contribution in [0.2, 0.25) is 5.02 Å². The molecule has 0 aliphatic heterocycles. The molecule has 3 rings (SSSR count). The average molecular weight is 285 g/mol. The van der Waals surface area contributed by atoms with Gasteiger partial charge < -0.3 is 5.11 Å². The second kappa shape index (κ2) is 5.02. The lowest BCUT2D eigenvalue weighted by molar-refractivity contribution is 0.470. The fourth-order valence-electron chi connectivity index (χ4n) is 2.17. The molecule has 20 heavy (non-hydrogen) atoms. The number of aryl methyl sites for hydroxylation is 1. The van der Waals surface area contributed by atoms with Crippen molar-refractivity contribution in [1.29, 1.82) is 0 Å². The van der Waals surface area contributed by atoms with Crippen molar-refractivity contribution in [2.24, 2.45) is 0 Å². The van der Waals surface area contributed by atoms with Crippen LogP contribution >= 0.6 is 11.6 Å². The minimum atomic E-state index is 0.109. The summed E-state index contributed by atoms with van der Waals surface area (Å²) in [5, 5.41) is 15.0. The van der Waals surface area contributed by atoms with E-state index in [4.69, 9.17) is 11.6 Å². The van der Waals surface area contributed by atoms with Gasteiger partial charge in [0.05, 0.1) is 11.4 Å². The van der Waals surface area contributed by atoms with Crippen molar-refractivity contribution in [3.8, 4) is 22.7 Å². The van der Waals surface area contributed by atoms with Crippen molar-refractivity contribution < 1.29 is 5.11 Å². The number of benzene rings is 2. The van der Waals surface area contributed by atoms with Crippen molar-refractivity contribution in [1.82, 2.24) is 9.78 Å². The van der Waals surface area contributed by atoms with Gasteiger partial charge in [0, 0.05) is 16.7 Å². The van der Waals surface area contributed by atoms with Crippen molar-refractivity contribution in [3.63, 3.8) is 0 Å². The summed E-state index contributed by atoms with van der Waals surface area (Å²) in [6.07, 6.45) is 0. The van der Waals surface area contributed by atoms with Gasteiger partial charge in [0.15, 0.2) is 0 Å². The van der Waals surface area contributed by atoms with Gasteiger partial charge in [0.2, 0.25) is 0 Å². The van der Waals surface area contributed by atoms with Crippen LogP contribution in [0.3, 0.4) is 0 Å². The van der Waals surface area contributed by atoms with E-state index in [9.17, 15) is 5.11 Å². The van der Waals surface area contributed by atoms with Gasteiger partial charge in [-0.05, 0) is 25.1 Å². The maximum atomic E-state index is 10.1. The molecule has 0 aliphatic rings. The fraction of sp³-hybridized carbons (Fsp3) is 0.0625. The van der Waals surface area contributed by atoms with Crippen LogP contribution in [0.15, 0.2) is 54.6 Å². The number of hydrogen-bond acceptors (Lipinski definition) is 2. The summed E-state index contributed by atoms with van der Waals surface area (Å²) < 4.78 is 1.73. The van der Waals surface area contributed by atoms with Crippen LogP contribution in [-0.4, -0.2) is 14.9 Å². The Labute approximate surface area is 122 Å². The molecule has 0 amide bonds. The largest absolute Gasteiger partial charge is 0.506 e. The zero-order chi connectivity index (χ0) is 14.1. The van der Waals surface area contributed by atoms with Crippen molar-refractivity contribution in [2.45, 2.75) is 6.92 Å². The number of phenolic OH excluding ortho intramolecular Hbond substituents is 1. The standard InChI is InChI=1S/C16H13ClN2O/c1-11-9-15(12-5-3-2-4-6-12)19(18-11)14-8-7-13(17)10-16(14)20/h2-10,20H,1H3. The Morgan fingerprint density at radius 2 is 1.80 bits per heavy atom. The number of aromatic hydroxyl groups is 1. The highest BCUT2D eigenvalue weighted by Gasteiger charge is 2.12. The predicted molar refractivity (Wildman–Crippen MR) is 80.4 cm³/mol. The molecule has 2 aromatic carbocycles. The Morgan fingerprint density at radius 3 is 2.50 bits per heavy atom. The van der Waals surface area contributed by atoms with Gasteiger partial charge in [-0.3, -0.25) is 0 Å². The van der Waals surface area contributed by atoms with Gasteiger partial charge in [-0.25, -0.2) is 4.68 Å². The Morgan fingerprint density at radius 1 is 1.05 bits per heavy atom. The van der Waals surface area contributed by atoms with Gasteiger partial charge in [0.1, 0.15) is 11.4 Å². The first kappa shape index (κ1) is 12.8. The molecule has 0 unspecified atom stereocenters. The van der Waals surface area contributed by atoms with Gasteiger partial charge in [-0.15, -0.1) is 0 Å². The number of hydrogen-bond donors (Lipinski definition) is 1. The van der Waals surface area contributed by atoms with E-state index in [-0.39, 0.29) is 5.75 Å². The fourth-order valence-corrected chi connectivity index (χ4v) is 2.34. The molecule has 3 aromatic rings. The van der Waals surface area contributed by atoms with E-state index in [1.54, 1.807) is 16.8 Å². The highest BCUT2D eigenvalue weighted by molar-refractivity contribution is 6.30. The minimum Gasteiger partial charge on any atom is -0.506 e.